The summed E-state index contributed by atoms with van der Waals surface area (Å²) in [7, 11) is 0. The van der Waals surface area contributed by atoms with E-state index in [2.05, 4.69) is 29.8 Å². The first-order valence-electron chi connectivity index (χ1n) is 6.59. The summed E-state index contributed by atoms with van der Waals surface area (Å²) in [5, 5.41) is 0. The molecule has 0 spiro atoms. The Morgan fingerprint density at radius 2 is 2.00 bits per heavy atom. The molecule has 0 aromatic heterocycles. The van der Waals surface area contributed by atoms with Crippen LogP contribution in [0.2, 0.25) is 0 Å². The molecule has 17 heavy (non-hydrogen) atoms. The summed E-state index contributed by atoms with van der Waals surface area (Å²) < 4.78 is 5.77. The number of hydrogen-bond donors (Lipinski definition) is 0. The predicted octanol–water partition coefficient (Wildman–Crippen LogP) is 2.43. The number of piperidine rings is 1. The fourth-order valence-corrected chi connectivity index (χ4v) is 3.70. The normalized spacial score (nSPS) is 42.8. The van der Waals surface area contributed by atoms with Crippen molar-refractivity contribution in [2.24, 2.45) is 11.8 Å². The van der Waals surface area contributed by atoms with Crippen molar-refractivity contribution >= 4 is 21.8 Å². The largest absolute Gasteiger partial charge is 0.374 e. The Bertz CT molecular complexity index is 297. The molecule has 4 heteroatoms. The zero-order valence-corrected chi connectivity index (χ0v) is 12.4. The third-order valence-corrected chi connectivity index (χ3v) is 4.95. The van der Waals surface area contributed by atoms with Crippen LogP contribution in [0.15, 0.2) is 0 Å². The molecular weight excluding hydrogens is 282 g/mol. The Labute approximate surface area is 112 Å². The monoisotopic (exact) mass is 303 g/mol. The van der Waals surface area contributed by atoms with Crippen molar-refractivity contribution in [2.75, 3.05) is 13.1 Å². The quantitative estimate of drug-likeness (QED) is 0.696. The summed E-state index contributed by atoms with van der Waals surface area (Å²) in [4.78, 5) is 15.0. The average molecular weight is 304 g/mol. The Hall–Kier alpha value is -0.0900. The van der Waals surface area contributed by atoms with Gasteiger partial charge in [-0.05, 0) is 32.6 Å². The highest BCUT2D eigenvalue weighted by molar-refractivity contribution is 9.09. The van der Waals surface area contributed by atoms with E-state index in [0.717, 1.165) is 19.5 Å². The summed E-state index contributed by atoms with van der Waals surface area (Å²) in [5.74, 6) is 0.662. The van der Waals surface area contributed by atoms with Gasteiger partial charge in [0.2, 0.25) is 5.91 Å². The van der Waals surface area contributed by atoms with Crippen molar-refractivity contribution in [1.29, 1.82) is 0 Å². The number of alkyl halides is 1. The van der Waals surface area contributed by atoms with E-state index in [0.29, 0.717) is 16.7 Å². The topological polar surface area (TPSA) is 29.5 Å². The van der Waals surface area contributed by atoms with Gasteiger partial charge in [0.15, 0.2) is 0 Å². The third-order valence-electron chi connectivity index (χ3n) is 4.20. The number of ether oxygens (including phenoxy) is 1. The highest BCUT2D eigenvalue weighted by atomic mass is 79.9. The van der Waals surface area contributed by atoms with E-state index in [1.54, 1.807) is 0 Å². The lowest BCUT2D eigenvalue weighted by Crippen LogP contribution is -2.46. The lowest BCUT2D eigenvalue weighted by molar-refractivity contribution is -0.138. The van der Waals surface area contributed by atoms with Crippen molar-refractivity contribution in [3.8, 4) is 0 Å². The molecule has 1 amide bonds. The van der Waals surface area contributed by atoms with Gasteiger partial charge in [0.05, 0.1) is 18.1 Å². The van der Waals surface area contributed by atoms with E-state index in [1.807, 2.05) is 11.8 Å². The molecule has 0 bridgehead atoms. The minimum absolute atomic E-state index is 0.0443. The van der Waals surface area contributed by atoms with Gasteiger partial charge in [0.1, 0.15) is 0 Å². The molecule has 2 rings (SSSR count). The fraction of sp³-hybridized carbons (Fsp3) is 0.923. The van der Waals surface area contributed by atoms with Crippen molar-refractivity contribution < 1.29 is 9.53 Å². The molecule has 2 aliphatic rings. The molecule has 0 aromatic rings. The van der Waals surface area contributed by atoms with Gasteiger partial charge in [0.25, 0.3) is 0 Å². The maximum Gasteiger partial charge on any atom is 0.228 e. The molecule has 2 heterocycles. The van der Waals surface area contributed by atoms with Crippen molar-refractivity contribution in [2.45, 2.75) is 50.6 Å². The zero-order chi connectivity index (χ0) is 12.6. The second kappa shape index (κ2) is 5.27. The van der Waals surface area contributed by atoms with Crippen molar-refractivity contribution in [3.63, 3.8) is 0 Å². The van der Waals surface area contributed by atoms with Crippen LogP contribution in [-0.4, -0.2) is 40.9 Å². The van der Waals surface area contributed by atoms with E-state index in [9.17, 15) is 4.79 Å². The number of hydrogen-bond acceptors (Lipinski definition) is 2. The van der Waals surface area contributed by atoms with Crippen LogP contribution in [-0.2, 0) is 9.53 Å². The van der Waals surface area contributed by atoms with Gasteiger partial charge in [-0.25, -0.2) is 0 Å². The second-order valence-corrected chi connectivity index (χ2v) is 6.75. The van der Waals surface area contributed by atoms with E-state index in [1.165, 1.54) is 6.42 Å². The van der Waals surface area contributed by atoms with Crippen molar-refractivity contribution in [1.82, 2.24) is 4.90 Å². The zero-order valence-electron chi connectivity index (χ0n) is 10.9. The highest BCUT2D eigenvalue weighted by Crippen LogP contribution is 2.34. The average Bonchev–Trinajstić information content (AvgIpc) is 2.52. The molecule has 0 radical (unpaired) electrons. The Kier molecular flexibility index (Phi) is 4.14. The molecule has 0 N–H and O–H groups in total. The molecule has 5 unspecified atom stereocenters. The summed E-state index contributed by atoms with van der Waals surface area (Å²) in [5.41, 5.74) is 0. The van der Waals surface area contributed by atoms with Gasteiger partial charge in [-0.2, -0.15) is 0 Å². The lowest BCUT2D eigenvalue weighted by atomic mass is 9.88. The van der Waals surface area contributed by atoms with Crippen LogP contribution in [0.5, 0.6) is 0 Å². The molecule has 0 aliphatic carbocycles. The van der Waals surface area contributed by atoms with Gasteiger partial charge < -0.3 is 9.64 Å². The SMILES string of the molecule is CC1OC(C)C(C(=O)N2CCCC(Br)C2)C1C. The van der Waals surface area contributed by atoms with Gasteiger partial charge in [-0.1, -0.05) is 22.9 Å². The number of halogens is 1. The minimum Gasteiger partial charge on any atom is -0.374 e. The molecule has 5 atom stereocenters. The molecular formula is C13H22BrNO2. The second-order valence-electron chi connectivity index (χ2n) is 5.45. The third kappa shape index (κ3) is 2.68. The first kappa shape index (κ1) is 13.3. The summed E-state index contributed by atoms with van der Waals surface area (Å²) in [6.45, 7) is 7.98. The smallest absolute Gasteiger partial charge is 0.228 e. The molecule has 0 aromatic carbocycles. The van der Waals surface area contributed by atoms with Crippen LogP contribution >= 0.6 is 15.9 Å². The van der Waals surface area contributed by atoms with Crippen LogP contribution in [0.3, 0.4) is 0 Å². The van der Waals surface area contributed by atoms with E-state index in [4.69, 9.17) is 4.74 Å². The Balaban J connectivity index is 2.04. The molecule has 3 nitrogen and oxygen atoms in total. The molecule has 98 valence electrons. The van der Waals surface area contributed by atoms with Crippen LogP contribution in [0.1, 0.15) is 33.6 Å². The van der Waals surface area contributed by atoms with Crippen LogP contribution in [0.4, 0.5) is 0 Å². The molecule has 0 saturated carbocycles. The first-order chi connectivity index (χ1) is 8.00. The Morgan fingerprint density at radius 3 is 2.53 bits per heavy atom. The number of carbonyl (C=O) groups is 1. The van der Waals surface area contributed by atoms with Gasteiger partial charge in [-0.3, -0.25) is 4.79 Å². The van der Waals surface area contributed by atoms with E-state index in [-0.39, 0.29) is 18.1 Å². The minimum atomic E-state index is 0.0443. The van der Waals surface area contributed by atoms with Gasteiger partial charge in [-0.15, -0.1) is 0 Å². The summed E-state index contributed by atoms with van der Waals surface area (Å²) >= 11 is 3.62. The van der Waals surface area contributed by atoms with E-state index >= 15 is 0 Å². The molecule has 2 saturated heterocycles. The molecule has 2 fully saturated rings. The summed E-state index contributed by atoms with van der Waals surface area (Å²) in [6, 6.07) is 0. The predicted molar refractivity (Wildman–Crippen MR) is 71.2 cm³/mol. The number of nitrogens with zero attached hydrogens (tertiary/aromatic N) is 1. The standard InChI is InChI=1S/C13H22BrNO2/c1-8-9(2)17-10(3)12(8)13(16)15-6-4-5-11(14)7-15/h8-12H,4-7H2,1-3H3. The van der Waals surface area contributed by atoms with Gasteiger partial charge >= 0.3 is 0 Å². The lowest BCUT2D eigenvalue weighted by Gasteiger charge is -2.33. The van der Waals surface area contributed by atoms with Crippen LogP contribution < -0.4 is 0 Å². The van der Waals surface area contributed by atoms with Gasteiger partial charge in [0, 0.05) is 17.9 Å². The van der Waals surface area contributed by atoms with Crippen LogP contribution in [0.25, 0.3) is 0 Å². The first-order valence-corrected chi connectivity index (χ1v) is 7.50. The van der Waals surface area contributed by atoms with Crippen molar-refractivity contribution in [3.05, 3.63) is 0 Å². The maximum atomic E-state index is 12.5. The number of likely N-dealkylation sites (tertiary alicyclic amines) is 1. The summed E-state index contributed by atoms with van der Waals surface area (Å²) in [6.07, 6.45) is 2.53. The molecule has 2 aliphatic heterocycles. The number of rotatable bonds is 1. The fourth-order valence-electron chi connectivity index (χ4n) is 3.03. The maximum absolute atomic E-state index is 12.5. The van der Waals surface area contributed by atoms with Crippen LogP contribution in [0, 0.1) is 11.8 Å². The Morgan fingerprint density at radius 1 is 1.29 bits per heavy atom. The number of carbonyl (C=O) groups excluding carboxylic acids is 1. The number of amides is 1. The highest BCUT2D eigenvalue weighted by Gasteiger charge is 2.43. The van der Waals surface area contributed by atoms with E-state index < -0.39 is 0 Å².